The molecule has 4 rings (SSSR count). The average molecular weight is 505 g/mol. The first-order valence-corrected chi connectivity index (χ1v) is 12.3. The molecule has 1 aromatic heterocycles. The van der Waals surface area contributed by atoms with Gasteiger partial charge in [-0.1, -0.05) is 6.07 Å². The Morgan fingerprint density at radius 3 is 2.72 bits per heavy atom. The summed E-state index contributed by atoms with van der Waals surface area (Å²) in [6.45, 7) is 1.96. The number of aryl methyl sites for hydroxylation is 2. The van der Waals surface area contributed by atoms with Crippen LogP contribution in [0.2, 0.25) is 0 Å². The number of alkyl halides is 1. The summed E-state index contributed by atoms with van der Waals surface area (Å²) in [4.78, 5) is 30.5. The van der Waals surface area contributed by atoms with Gasteiger partial charge in [-0.2, -0.15) is 0 Å². The molecule has 0 aliphatic carbocycles. The molecule has 0 radical (unpaired) electrons. The highest BCUT2D eigenvalue weighted by Gasteiger charge is 2.35. The molecule has 2 aliphatic rings. The van der Waals surface area contributed by atoms with Crippen molar-refractivity contribution in [1.82, 2.24) is 15.2 Å². The fourth-order valence-electron chi connectivity index (χ4n) is 4.93. The molecule has 2 atom stereocenters. The average Bonchev–Trinajstić information content (AvgIpc) is 2.84. The minimum Gasteiger partial charge on any atom is -0.480 e. The van der Waals surface area contributed by atoms with Crippen LogP contribution >= 0.6 is 0 Å². The molecule has 2 aromatic rings. The molecule has 2 aliphatic heterocycles. The van der Waals surface area contributed by atoms with Gasteiger partial charge >= 0.3 is 5.97 Å². The normalized spacial score (nSPS) is 20.8. The molecule has 7 nitrogen and oxygen atoms in total. The van der Waals surface area contributed by atoms with Crippen LogP contribution in [0.25, 0.3) is 0 Å². The van der Waals surface area contributed by atoms with E-state index in [2.05, 4.69) is 21.7 Å². The van der Waals surface area contributed by atoms with Gasteiger partial charge in [0, 0.05) is 37.0 Å². The molecule has 1 unspecified atom stereocenters. The van der Waals surface area contributed by atoms with Crippen molar-refractivity contribution in [3.8, 4) is 0 Å². The van der Waals surface area contributed by atoms with Crippen molar-refractivity contribution in [2.24, 2.45) is 0 Å². The van der Waals surface area contributed by atoms with Gasteiger partial charge in [-0.15, -0.1) is 0 Å². The van der Waals surface area contributed by atoms with Crippen molar-refractivity contribution in [3.05, 3.63) is 58.8 Å². The quantitative estimate of drug-likeness (QED) is 0.482. The molecule has 1 amide bonds. The summed E-state index contributed by atoms with van der Waals surface area (Å²) < 4.78 is 42.5. The first-order valence-electron chi connectivity index (χ1n) is 12.3. The lowest BCUT2D eigenvalue weighted by molar-refractivity contribution is -0.139. The van der Waals surface area contributed by atoms with Gasteiger partial charge in [-0.25, -0.2) is 22.9 Å². The maximum absolute atomic E-state index is 15.7. The zero-order valence-electron chi connectivity index (χ0n) is 20.0. The van der Waals surface area contributed by atoms with Crippen LogP contribution in [0.15, 0.2) is 30.3 Å². The summed E-state index contributed by atoms with van der Waals surface area (Å²) in [6.07, 6.45) is 4.00. The number of carboxylic acids is 1. The number of aliphatic carboxylic acids is 1. The molecule has 36 heavy (non-hydrogen) atoms. The summed E-state index contributed by atoms with van der Waals surface area (Å²) in [5, 5.41) is 15.1. The molecule has 1 saturated heterocycles. The zero-order valence-corrected chi connectivity index (χ0v) is 20.0. The smallest absolute Gasteiger partial charge is 0.326 e. The predicted molar refractivity (Wildman–Crippen MR) is 129 cm³/mol. The first kappa shape index (κ1) is 25.9. The third kappa shape index (κ3) is 6.75. The van der Waals surface area contributed by atoms with Crippen molar-refractivity contribution in [2.45, 2.75) is 56.7 Å². The van der Waals surface area contributed by atoms with Crippen LogP contribution in [0, 0.1) is 11.6 Å². The molecule has 0 bridgehead atoms. The monoisotopic (exact) mass is 504 g/mol. The van der Waals surface area contributed by atoms with E-state index in [9.17, 15) is 23.5 Å². The summed E-state index contributed by atoms with van der Waals surface area (Å²) in [5.74, 6) is -3.12. The van der Waals surface area contributed by atoms with Gasteiger partial charge in [0.25, 0.3) is 5.91 Å². The number of hydrogen-bond acceptors (Lipinski definition) is 5. The number of likely N-dealkylation sites (tertiary alicyclic amines) is 1. The lowest BCUT2D eigenvalue weighted by Crippen LogP contribution is -2.48. The van der Waals surface area contributed by atoms with E-state index in [4.69, 9.17) is 0 Å². The second-order valence-corrected chi connectivity index (χ2v) is 9.68. The molecule has 1 fully saturated rings. The number of nitrogens with one attached hydrogen (secondary N) is 2. The number of aromatic nitrogens is 1. The number of hydrogen-bond donors (Lipinski definition) is 3. The molecular formula is C26H31F3N4O3. The number of carbonyl (C=O) groups is 2. The number of piperidine rings is 1. The Bertz CT molecular complexity index is 1100. The van der Waals surface area contributed by atoms with Crippen molar-refractivity contribution in [3.63, 3.8) is 0 Å². The third-order valence-electron chi connectivity index (χ3n) is 6.85. The Kier molecular flexibility index (Phi) is 8.13. The fraction of sp³-hybridized carbons (Fsp3) is 0.500. The molecule has 194 valence electrons. The number of fused-ring (bicyclic) bond motifs is 1. The van der Waals surface area contributed by atoms with Crippen LogP contribution in [0.3, 0.4) is 0 Å². The SMILES string of the molecule is O=C(NC(CCN1CCC[C@](F)(CCc2ccc3c(n2)NCCC3)C1)C(=O)O)c1cc(F)cc(F)c1. The van der Waals surface area contributed by atoms with Crippen molar-refractivity contribution in [1.29, 1.82) is 0 Å². The highest BCUT2D eigenvalue weighted by molar-refractivity contribution is 5.96. The molecule has 3 N–H and O–H groups in total. The van der Waals surface area contributed by atoms with Gasteiger partial charge in [-0.05, 0) is 75.3 Å². The van der Waals surface area contributed by atoms with E-state index in [-0.39, 0.29) is 25.1 Å². The summed E-state index contributed by atoms with van der Waals surface area (Å²) in [7, 11) is 0. The molecule has 1 aromatic carbocycles. The predicted octanol–water partition coefficient (Wildman–Crippen LogP) is 3.73. The maximum atomic E-state index is 15.7. The van der Waals surface area contributed by atoms with E-state index >= 15 is 4.39 Å². The minimum absolute atomic E-state index is 0.0347. The summed E-state index contributed by atoms with van der Waals surface area (Å²) in [5.41, 5.74) is 0.321. The zero-order chi connectivity index (χ0) is 25.7. The number of pyridine rings is 1. The number of carbonyl (C=O) groups excluding carboxylic acids is 1. The Balaban J connectivity index is 1.30. The van der Waals surface area contributed by atoms with Crippen LogP contribution in [0.1, 0.15) is 53.7 Å². The van der Waals surface area contributed by atoms with E-state index in [0.717, 1.165) is 43.0 Å². The van der Waals surface area contributed by atoms with Gasteiger partial charge in [0.15, 0.2) is 0 Å². The second kappa shape index (κ2) is 11.3. The largest absolute Gasteiger partial charge is 0.480 e. The van der Waals surface area contributed by atoms with E-state index in [1.54, 1.807) is 0 Å². The lowest BCUT2D eigenvalue weighted by Gasteiger charge is -2.38. The van der Waals surface area contributed by atoms with Crippen molar-refractivity contribution < 1.29 is 27.9 Å². The topological polar surface area (TPSA) is 94.6 Å². The number of rotatable bonds is 9. The van der Waals surface area contributed by atoms with E-state index < -0.39 is 35.2 Å². The standard InChI is InChI=1S/C26H31F3N4O3/c27-19-13-18(14-20(28)15-19)24(34)32-22(25(35)36)7-12-33-11-2-8-26(29,16-33)9-6-21-5-4-17-3-1-10-30-23(17)31-21/h4-5,13-15,22H,1-3,6-12,16H2,(H,30,31)(H,32,34)(H,35,36)/t22?,26-/m0/s1. The Morgan fingerprint density at radius 1 is 1.19 bits per heavy atom. The highest BCUT2D eigenvalue weighted by Crippen LogP contribution is 2.31. The minimum atomic E-state index is -1.41. The number of nitrogens with zero attached hydrogens (tertiary/aromatic N) is 2. The van der Waals surface area contributed by atoms with E-state index in [0.29, 0.717) is 38.3 Å². The lowest BCUT2D eigenvalue weighted by atomic mass is 9.89. The number of benzene rings is 1. The Hall–Kier alpha value is -3.14. The number of carboxylic acid groups (broad SMARTS) is 1. The first-order chi connectivity index (χ1) is 17.2. The number of anilines is 1. The van der Waals surface area contributed by atoms with Crippen molar-refractivity contribution >= 4 is 17.7 Å². The Morgan fingerprint density at radius 2 is 1.97 bits per heavy atom. The summed E-state index contributed by atoms with van der Waals surface area (Å²) in [6, 6.07) is 5.05. The summed E-state index contributed by atoms with van der Waals surface area (Å²) >= 11 is 0. The number of halogens is 3. The highest BCUT2D eigenvalue weighted by atomic mass is 19.1. The fourth-order valence-corrected chi connectivity index (χ4v) is 4.93. The van der Waals surface area contributed by atoms with E-state index in [1.165, 1.54) is 5.56 Å². The Labute approximate surface area is 208 Å². The van der Waals surface area contributed by atoms with Crippen LogP contribution in [-0.2, 0) is 17.6 Å². The van der Waals surface area contributed by atoms with Crippen LogP contribution in [0.5, 0.6) is 0 Å². The van der Waals surface area contributed by atoms with Crippen LogP contribution in [-0.4, -0.2) is 64.8 Å². The van der Waals surface area contributed by atoms with Crippen molar-refractivity contribution in [2.75, 3.05) is 31.5 Å². The van der Waals surface area contributed by atoms with Gasteiger partial charge in [0.05, 0.1) is 0 Å². The van der Waals surface area contributed by atoms with Gasteiger partial charge in [0.2, 0.25) is 0 Å². The van der Waals surface area contributed by atoms with E-state index in [1.807, 2.05) is 11.0 Å². The molecular weight excluding hydrogens is 473 g/mol. The third-order valence-corrected chi connectivity index (χ3v) is 6.85. The molecule has 0 spiro atoms. The van der Waals surface area contributed by atoms with Gasteiger partial charge < -0.3 is 20.6 Å². The molecule has 10 heteroatoms. The molecule has 3 heterocycles. The maximum Gasteiger partial charge on any atom is 0.326 e. The molecule has 0 saturated carbocycles. The van der Waals surface area contributed by atoms with Crippen LogP contribution < -0.4 is 10.6 Å². The van der Waals surface area contributed by atoms with Gasteiger partial charge in [-0.3, -0.25) is 4.79 Å². The van der Waals surface area contributed by atoms with Gasteiger partial charge in [0.1, 0.15) is 29.2 Å². The second-order valence-electron chi connectivity index (χ2n) is 9.68. The van der Waals surface area contributed by atoms with Crippen LogP contribution in [0.4, 0.5) is 19.0 Å². The number of amides is 1.